The van der Waals surface area contributed by atoms with Gasteiger partial charge in [-0.05, 0) is 64.8 Å². The maximum absolute atomic E-state index is 12.8. The Kier molecular flexibility index (Phi) is 5.36. The van der Waals surface area contributed by atoms with Crippen LogP contribution in [0.1, 0.15) is 85.6 Å². The molecule has 3 fully saturated rings. The van der Waals surface area contributed by atoms with Crippen LogP contribution in [0.25, 0.3) is 0 Å². The van der Waals surface area contributed by atoms with Crippen molar-refractivity contribution in [1.29, 1.82) is 0 Å². The van der Waals surface area contributed by atoms with Gasteiger partial charge in [0.1, 0.15) is 5.76 Å². The molecule has 1 spiro atoms. The standard InChI is InChI=1S/C23H33N5O3/c1-15-18(16(2)30-25-15)7-8-20(29)28-11-9-23(10-12-28)13-19(27(3)14-23)21-24-22(31-26-21)17-5-4-6-17/h17,19H,4-14H2,1-3H3. The molecule has 31 heavy (non-hydrogen) atoms. The molecule has 2 saturated heterocycles. The topological polar surface area (TPSA) is 88.5 Å². The molecule has 1 atom stereocenters. The van der Waals surface area contributed by atoms with Gasteiger partial charge >= 0.3 is 0 Å². The zero-order valence-corrected chi connectivity index (χ0v) is 18.9. The van der Waals surface area contributed by atoms with Crippen LogP contribution in [0.4, 0.5) is 0 Å². The second-order valence-electron chi connectivity index (χ2n) is 9.94. The van der Waals surface area contributed by atoms with Crippen LogP contribution in [0.2, 0.25) is 0 Å². The predicted molar refractivity (Wildman–Crippen MR) is 113 cm³/mol. The van der Waals surface area contributed by atoms with Crippen molar-refractivity contribution in [3.8, 4) is 0 Å². The first kappa shape index (κ1) is 20.7. The van der Waals surface area contributed by atoms with Crippen LogP contribution in [-0.4, -0.2) is 57.7 Å². The Hall–Kier alpha value is -2.22. The Morgan fingerprint density at radius 1 is 1.16 bits per heavy atom. The lowest BCUT2D eigenvalue weighted by Crippen LogP contribution is -2.44. The van der Waals surface area contributed by atoms with E-state index in [2.05, 4.69) is 22.3 Å². The fraction of sp³-hybridized carbons (Fsp3) is 0.739. The van der Waals surface area contributed by atoms with E-state index in [-0.39, 0.29) is 17.4 Å². The first-order valence-corrected chi connectivity index (χ1v) is 11.7. The van der Waals surface area contributed by atoms with Crippen molar-refractivity contribution in [3.63, 3.8) is 0 Å². The molecule has 1 amide bonds. The molecule has 1 aliphatic carbocycles. The van der Waals surface area contributed by atoms with E-state index in [0.29, 0.717) is 18.8 Å². The largest absolute Gasteiger partial charge is 0.361 e. The second-order valence-corrected chi connectivity index (χ2v) is 9.94. The first-order valence-electron chi connectivity index (χ1n) is 11.7. The number of hydrogen-bond donors (Lipinski definition) is 0. The lowest BCUT2D eigenvalue weighted by Gasteiger charge is -2.39. The number of piperidine rings is 1. The van der Waals surface area contributed by atoms with Gasteiger partial charge in [0.05, 0.1) is 11.7 Å². The number of likely N-dealkylation sites (tertiary alicyclic amines) is 2. The Balaban J connectivity index is 1.16. The number of aromatic nitrogens is 3. The number of hydrogen-bond acceptors (Lipinski definition) is 7. The minimum absolute atomic E-state index is 0.222. The first-order chi connectivity index (χ1) is 14.9. The van der Waals surface area contributed by atoms with E-state index in [1.807, 2.05) is 18.7 Å². The van der Waals surface area contributed by atoms with Gasteiger partial charge in [-0.3, -0.25) is 9.69 Å². The summed E-state index contributed by atoms with van der Waals surface area (Å²) in [4.78, 5) is 22.0. The van der Waals surface area contributed by atoms with Crippen LogP contribution in [0.5, 0.6) is 0 Å². The predicted octanol–water partition coefficient (Wildman–Crippen LogP) is 3.56. The van der Waals surface area contributed by atoms with E-state index in [1.165, 1.54) is 19.3 Å². The molecule has 1 saturated carbocycles. The molecule has 3 aliphatic rings. The summed E-state index contributed by atoms with van der Waals surface area (Å²) in [6.45, 7) is 6.55. The van der Waals surface area contributed by atoms with Gasteiger partial charge in [-0.25, -0.2) is 0 Å². The van der Waals surface area contributed by atoms with Crippen molar-refractivity contribution in [2.75, 3.05) is 26.7 Å². The molecule has 8 nitrogen and oxygen atoms in total. The average Bonchev–Trinajstić information content (AvgIpc) is 3.38. The molecule has 2 aromatic rings. The van der Waals surface area contributed by atoms with E-state index in [1.54, 1.807) is 0 Å². The number of amides is 1. The quantitative estimate of drug-likeness (QED) is 0.721. The summed E-state index contributed by atoms with van der Waals surface area (Å²) in [5, 5.41) is 8.32. The normalized spacial score (nSPS) is 24.1. The number of nitrogens with zero attached hydrogens (tertiary/aromatic N) is 5. The molecular weight excluding hydrogens is 394 g/mol. The summed E-state index contributed by atoms with van der Waals surface area (Å²) in [5.74, 6) is 3.21. The average molecular weight is 428 g/mol. The number of carbonyl (C=O) groups is 1. The lowest BCUT2D eigenvalue weighted by atomic mass is 9.76. The Morgan fingerprint density at radius 3 is 2.58 bits per heavy atom. The summed E-state index contributed by atoms with van der Waals surface area (Å²) in [7, 11) is 2.17. The second kappa shape index (κ2) is 8.04. The van der Waals surface area contributed by atoms with Gasteiger partial charge in [0.2, 0.25) is 11.8 Å². The van der Waals surface area contributed by atoms with Crippen molar-refractivity contribution in [3.05, 3.63) is 28.7 Å². The zero-order chi connectivity index (χ0) is 21.6. The van der Waals surface area contributed by atoms with Crippen LogP contribution in [0.3, 0.4) is 0 Å². The van der Waals surface area contributed by atoms with Crippen LogP contribution in [0.15, 0.2) is 9.05 Å². The van der Waals surface area contributed by atoms with E-state index in [4.69, 9.17) is 14.0 Å². The van der Waals surface area contributed by atoms with E-state index >= 15 is 0 Å². The maximum Gasteiger partial charge on any atom is 0.229 e. The van der Waals surface area contributed by atoms with Gasteiger partial charge in [-0.2, -0.15) is 4.98 Å². The molecule has 0 aromatic carbocycles. The zero-order valence-electron chi connectivity index (χ0n) is 18.9. The fourth-order valence-corrected chi connectivity index (χ4v) is 5.60. The van der Waals surface area contributed by atoms with Crippen LogP contribution in [0, 0.1) is 19.3 Å². The molecule has 1 unspecified atom stereocenters. The molecule has 4 heterocycles. The fourth-order valence-electron chi connectivity index (χ4n) is 5.60. The Labute approximate surface area is 183 Å². The minimum atomic E-state index is 0.222. The molecule has 0 N–H and O–H groups in total. The summed E-state index contributed by atoms with van der Waals surface area (Å²) in [6, 6.07) is 0.222. The Morgan fingerprint density at radius 2 is 1.94 bits per heavy atom. The van der Waals surface area contributed by atoms with Gasteiger partial charge in [0.25, 0.3) is 0 Å². The highest BCUT2D eigenvalue weighted by atomic mass is 16.5. The highest BCUT2D eigenvalue weighted by molar-refractivity contribution is 5.76. The van der Waals surface area contributed by atoms with Crippen molar-refractivity contribution in [1.82, 2.24) is 25.1 Å². The lowest BCUT2D eigenvalue weighted by molar-refractivity contribution is -0.133. The molecule has 2 aliphatic heterocycles. The smallest absolute Gasteiger partial charge is 0.229 e. The molecule has 0 bridgehead atoms. The molecule has 8 heteroatoms. The summed E-state index contributed by atoms with van der Waals surface area (Å²) >= 11 is 0. The molecule has 168 valence electrons. The van der Waals surface area contributed by atoms with Crippen LogP contribution < -0.4 is 0 Å². The number of rotatable bonds is 5. The van der Waals surface area contributed by atoms with Gasteiger partial charge in [0.15, 0.2) is 5.82 Å². The van der Waals surface area contributed by atoms with E-state index in [0.717, 1.165) is 67.6 Å². The van der Waals surface area contributed by atoms with Crippen molar-refractivity contribution < 1.29 is 13.8 Å². The maximum atomic E-state index is 12.8. The van der Waals surface area contributed by atoms with Crippen LogP contribution in [-0.2, 0) is 11.2 Å². The van der Waals surface area contributed by atoms with Crippen molar-refractivity contribution >= 4 is 5.91 Å². The van der Waals surface area contributed by atoms with Gasteiger partial charge < -0.3 is 13.9 Å². The van der Waals surface area contributed by atoms with Crippen molar-refractivity contribution in [2.45, 2.75) is 77.2 Å². The SMILES string of the molecule is Cc1noc(C)c1CCC(=O)N1CCC2(CC1)CC(c1noc(C3CCC3)n1)N(C)C2. The molecule has 0 radical (unpaired) electrons. The highest BCUT2D eigenvalue weighted by Crippen LogP contribution is 2.48. The summed E-state index contributed by atoms with van der Waals surface area (Å²) in [6.07, 6.45) is 7.96. The molecule has 2 aromatic heterocycles. The van der Waals surface area contributed by atoms with Crippen molar-refractivity contribution in [2.24, 2.45) is 5.41 Å². The number of carbonyl (C=O) groups excluding carboxylic acids is 1. The monoisotopic (exact) mass is 427 g/mol. The third-order valence-corrected chi connectivity index (χ3v) is 7.90. The highest BCUT2D eigenvalue weighted by Gasteiger charge is 2.46. The van der Waals surface area contributed by atoms with E-state index < -0.39 is 0 Å². The summed E-state index contributed by atoms with van der Waals surface area (Å²) < 4.78 is 10.8. The minimum Gasteiger partial charge on any atom is -0.361 e. The third-order valence-electron chi connectivity index (χ3n) is 7.90. The van der Waals surface area contributed by atoms with Gasteiger partial charge in [-0.1, -0.05) is 16.7 Å². The van der Waals surface area contributed by atoms with Crippen LogP contribution >= 0.6 is 0 Å². The Bertz CT molecular complexity index is 919. The van der Waals surface area contributed by atoms with E-state index in [9.17, 15) is 4.79 Å². The third kappa shape index (κ3) is 3.90. The molecule has 5 rings (SSSR count). The molecular formula is C23H33N5O3. The number of aryl methyl sites for hydroxylation is 2. The van der Waals surface area contributed by atoms with Gasteiger partial charge in [-0.15, -0.1) is 0 Å². The summed E-state index contributed by atoms with van der Waals surface area (Å²) in [5.41, 5.74) is 2.21. The van der Waals surface area contributed by atoms with Gasteiger partial charge in [0, 0.05) is 37.5 Å².